The number of nitrogens with zero attached hydrogens (tertiary/aromatic N) is 1. The second-order valence-electron chi connectivity index (χ2n) is 5.28. The SMILES string of the molecule is O=C(O)CNC(=O)c1ncc(C#CCOc2ccc(C(F)(F)F)cc2)cc1O. The third-order valence-corrected chi connectivity index (χ3v) is 3.21. The quantitative estimate of drug-likeness (QED) is 0.670. The van der Waals surface area contributed by atoms with Crippen LogP contribution in [0.4, 0.5) is 13.2 Å². The summed E-state index contributed by atoms with van der Waals surface area (Å²) in [5, 5.41) is 20.3. The summed E-state index contributed by atoms with van der Waals surface area (Å²) in [6.45, 7) is -0.754. The van der Waals surface area contributed by atoms with E-state index in [0.717, 1.165) is 18.2 Å². The first-order valence-electron chi connectivity index (χ1n) is 7.65. The maximum atomic E-state index is 12.5. The third kappa shape index (κ3) is 5.91. The molecule has 2 aromatic rings. The van der Waals surface area contributed by atoms with E-state index in [0.29, 0.717) is 0 Å². The van der Waals surface area contributed by atoms with Crippen LogP contribution in [0.1, 0.15) is 21.6 Å². The number of hydrogen-bond acceptors (Lipinski definition) is 5. The second kappa shape index (κ2) is 8.77. The number of carbonyl (C=O) groups is 2. The number of halogens is 3. The smallest absolute Gasteiger partial charge is 0.416 e. The Balaban J connectivity index is 1.94. The number of benzene rings is 1. The van der Waals surface area contributed by atoms with Crippen molar-refractivity contribution in [3.05, 3.63) is 53.3 Å². The van der Waals surface area contributed by atoms with E-state index in [2.05, 4.69) is 22.1 Å². The predicted octanol–water partition coefficient (Wildman–Crippen LogP) is 2.05. The topological polar surface area (TPSA) is 109 Å². The molecule has 3 N–H and O–H groups in total. The van der Waals surface area contributed by atoms with E-state index in [-0.39, 0.29) is 23.6 Å². The predicted molar refractivity (Wildman–Crippen MR) is 89.7 cm³/mol. The van der Waals surface area contributed by atoms with E-state index in [1.54, 1.807) is 0 Å². The van der Waals surface area contributed by atoms with Gasteiger partial charge in [-0.1, -0.05) is 11.8 Å². The molecule has 1 aromatic carbocycles. The summed E-state index contributed by atoms with van der Waals surface area (Å²) in [5.74, 6) is 2.80. The van der Waals surface area contributed by atoms with Gasteiger partial charge in [0.05, 0.1) is 5.56 Å². The molecule has 1 amide bonds. The van der Waals surface area contributed by atoms with E-state index in [1.165, 1.54) is 18.3 Å². The number of hydrogen-bond donors (Lipinski definition) is 3. The number of aromatic hydroxyl groups is 1. The van der Waals surface area contributed by atoms with Crippen molar-refractivity contribution in [2.45, 2.75) is 6.18 Å². The highest BCUT2D eigenvalue weighted by atomic mass is 19.4. The monoisotopic (exact) mass is 394 g/mol. The van der Waals surface area contributed by atoms with Crippen LogP contribution in [0.2, 0.25) is 0 Å². The van der Waals surface area contributed by atoms with Gasteiger partial charge in [-0.3, -0.25) is 9.59 Å². The van der Waals surface area contributed by atoms with Gasteiger partial charge in [-0.15, -0.1) is 0 Å². The maximum absolute atomic E-state index is 12.5. The van der Waals surface area contributed by atoms with Crippen molar-refractivity contribution < 1.29 is 37.7 Å². The van der Waals surface area contributed by atoms with E-state index >= 15 is 0 Å². The third-order valence-electron chi connectivity index (χ3n) is 3.21. The summed E-state index contributed by atoms with van der Waals surface area (Å²) in [6.07, 6.45) is -3.23. The Morgan fingerprint density at radius 1 is 1.21 bits per heavy atom. The van der Waals surface area contributed by atoms with E-state index in [4.69, 9.17) is 9.84 Å². The average Bonchev–Trinajstić information content (AvgIpc) is 2.63. The van der Waals surface area contributed by atoms with Gasteiger partial charge in [0.15, 0.2) is 5.69 Å². The molecule has 0 saturated carbocycles. The average molecular weight is 394 g/mol. The molecule has 2 rings (SSSR count). The van der Waals surface area contributed by atoms with Crippen LogP contribution in [0.3, 0.4) is 0 Å². The summed E-state index contributed by atoms with van der Waals surface area (Å²) in [6, 6.07) is 5.27. The fraction of sp³-hybridized carbons (Fsp3) is 0.167. The summed E-state index contributed by atoms with van der Waals surface area (Å²) < 4.78 is 42.6. The van der Waals surface area contributed by atoms with Gasteiger partial charge in [0.2, 0.25) is 0 Å². The minimum Gasteiger partial charge on any atom is -0.505 e. The Labute approximate surface area is 156 Å². The lowest BCUT2D eigenvalue weighted by molar-refractivity contribution is -0.138. The number of ether oxygens (including phenoxy) is 1. The van der Waals surface area contributed by atoms with Crippen LogP contribution in [0.15, 0.2) is 36.5 Å². The van der Waals surface area contributed by atoms with Gasteiger partial charge < -0.3 is 20.3 Å². The number of aliphatic carboxylic acids is 1. The number of pyridine rings is 1. The zero-order valence-electron chi connectivity index (χ0n) is 14.1. The summed E-state index contributed by atoms with van der Waals surface area (Å²) in [7, 11) is 0. The highest BCUT2D eigenvalue weighted by Gasteiger charge is 2.29. The van der Waals surface area contributed by atoms with Crippen molar-refractivity contribution in [2.24, 2.45) is 0 Å². The molecule has 28 heavy (non-hydrogen) atoms. The molecule has 1 aromatic heterocycles. The zero-order valence-corrected chi connectivity index (χ0v) is 14.1. The number of nitrogens with one attached hydrogen (secondary N) is 1. The first-order valence-corrected chi connectivity index (χ1v) is 7.65. The molecule has 0 aliphatic rings. The molecular weight excluding hydrogens is 381 g/mol. The Kier molecular flexibility index (Phi) is 6.44. The molecule has 0 aliphatic heterocycles. The molecular formula is C18H13F3N2O5. The van der Waals surface area contributed by atoms with E-state index < -0.39 is 35.9 Å². The number of carboxylic acids is 1. The number of carbonyl (C=O) groups excluding carboxylic acids is 1. The lowest BCUT2D eigenvalue weighted by atomic mass is 10.2. The lowest BCUT2D eigenvalue weighted by Crippen LogP contribution is -2.29. The highest BCUT2D eigenvalue weighted by molar-refractivity contribution is 5.96. The molecule has 0 spiro atoms. The van der Waals surface area contributed by atoms with Crippen molar-refractivity contribution >= 4 is 11.9 Å². The molecule has 0 atom stereocenters. The minimum absolute atomic E-state index is 0.132. The van der Waals surface area contributed by atoms with Gasteiger partial charge in [-0.05, 0) is 30.3 Å². The molecule has 146 valence electrons. The van der Waals surface area contributed by atoms with Gasteiger partial charge in [0.1, 0.15) is 24.7 Å². The van der Waals surface area contributed by atoms with Crippen LogP contribution >= 0.6 is 0 Å². The number of alkyl halides is 3. The van der Waals surface area contributed by atoms with Crippen LogP contribution in [0.5, 0.6) is 11.5 Å². The second-order valence-corrected chi connectivity index (χ2v) is 5.28. The molecule has 0 radical (unpaired) electrons. The first-order chi connectivity index (χ1) is 13.2. The standard InChI is InChI=1S/C18H13F3N2O5/c19-18(20,21)12-3-5-13(6-4-12)28-7-1-2-11-8-14(24)16(22-9-11)17(27)23-10-15(25)26/h3-6,8-9,24H,7,10H2,(H,23,27)(H,25,26). The molecule has 0 aliphatic carbocycles. The summed E-state index contributed by atoms with van der Waals surface area (Å²) in [4.78, 5) is 25.8. The number of aromatic nitrogens is 1. The molecule has 10 heteroatoms. The fourth-order valence-corrected chi connectivity index (χ4v) is 1.93. The van der Waals surface area contributed by atoms with E-state index in [1.807, 2.05) is 0 Å². The van der Waals surface area contributed by atoms with Crippen LogP contribution in [-0.2, 0) is 11.0 Å². The Bertz CT molecular complexity index is 931. The lowest BCUT2D eigenvalue weighted by Gasteiger charge is -2.07. The van der Waals surface area contributed by atoms with Gasteiger partial charge in [0.25, 0.3) is 5.91 Å². The van der Waals surface area contributed by atoms with Gasteiger partial charge in [-0.2, -0.15) is 13.2 Å². The van der Waals surface area contributed by atoms with Crippen molar-refractivity contribution in [3.8, 4) is 23.3 Å². The highest BCUT2D eigenvalue weighted by Crippen LogP contribution is 2.30. The van der Waals surface area contributed by atoms with Crippen molar-refractivity contribution in [1.29, 1.82) is 0 Å². The molecule has 1 heterocycles. The summed E-state index contributed by atoms with van der Waals surface area (Å²) in [5.41, 5.74) is -0.893. The minimum atomic E-state index is -4.43. The van der Waals surface area contributed by atoms with Gasteiger partial charge >= 0.3 is 12.1 Å². The summed E-state index contributed by atoms with van der Waals surface area (Å²) >= 11 is 0. The first kappa shape index (κ1) is 20.6. The van der Waals surface area contributed by atoms with Gasteiger partial charge in [-0.25, -0.2) is 4.98 Å². The van der Waals surface area contributed by atoms with Crippen molar-refractivity contribution in [1.82, 2.24) is 10.3 Å². The molecule has 0 saturated heterocycles. The zero-order chi connectivity index (χ0) is 20.7. The van der Waals surface area contributed by atoms with E-state index in [9.17, 15) is 27.9 Å². The van der Waals surface area contributed by atoms with Crippen LogP contribution < -0.4 is 10.1 Å². The van der Waals surface area contributed by atoms with Gasteiger partial charge in [0, 0.05) is 11.8 Å². The Morgan fingerprint density at radius 2 is 1.89 bits per heavy atom. The molecule has 7 nitrogen and oxygen atoms in total. The Hall–Kier alpha value is -3.74. The molecule has 0 unspecified atom stereocenters. The van der Waals surface area contributed by atoms with Crippen molar-refractivity contribution in [2.75, 3.05) is 13.2 Å². The molecule has 0 bridgehead atoms. The number of carboxylic acid groups (broad SMARTS) is 1. The Morgan fingerprint density at radius 3 is 2.46 bits per heavy atom. The fourth-order valence-electron chi connectivity index (χ4n) is 1.93. The normalized spacial score (nSPS) is 10.5. The number of amides is 1. The van der Waals surface area contributed by atoms with Crippen LogP contribution in [-0.4, -0.2) is 40.2 Å². The largest absolute Gasteiger partial charge is 0.505 e. The number of rotatable bonds is 5. The van der Waals surface area contributed by atoms with Crippen LogP contribution in [0.25, 0.3) is 0 Å². The molecule has 0 fully saturated rings. The maximum Gasteiger partial charge on any atom is 0.416 e. The van der Waals surface area contributed by atoms with Crippen LogP contribution in [0, 0.1) is 11.8 Å². The van der Waals surface area contributed by atoms with Crippen molar-refractivity contribution in [3.63, 3.8) is 0 Å².